The topological polar surface area (TPSA) is 24.5 Å². The van der Waals surface area contributed by atoms with Gasteiger partial charge in [0.25, 0.3) is 0 Å². The van der Waals surface area contributed by atoms with Gasteiger partial charge in [-0.15, -0.1) is 0 Å². The van der Waals surface area contributed by atoms with Crippen molar-refractivity contribution in [3.8, 4) is 0 Å². The van der Waals surface area contributed by atoms with Gasteiger partial charge in [0.2, 0.25) is 0 Å². The number of nitrogens with zero attached hydrogens (tertiary/aromatic N) is 1. The Morgan fingerprint density at radius 3 is 2.82 bits per heavy atom. The summed E-state index contributed by atoms with van der Waals surface area (Å²) in [5.41, 5.74) is 0.352. The normalized spacial score (nSPS) is 22.9. The highest BCUT2D eigenvalue weighted by molar-refractivity contribution is 4.80. The number of hydrogen-bond acceptors (Lipinski definition) is 3. The minimum atomic E-state index is 0.352. The average molecular weight is 242 g/mol. The fourth-order valence-electron chi connectivity index (χ4n) is 2.61. The number of likely N-dealkylation sites (tertiary alicyclic amines) is 1. The minimum Gasteiger partial charge on any atom is -0.380 e. The lowest BCUT2D eigenvalue weighted by Gasteiger charge is -2.37. The zero-order valence-electron chi connectivity index (χ0n) is 12.1. The predicted octanol–water partition coefficient (Wildman–Crippen LogP) is 2.12. The molecule has 1 fully saturated rings. The molecule has 0 amide bonds. The highest BCUT2D eigenvalue weighted by atomic mass is 16.5. The lowest BCUT2D eigenvalue weighted by Crippen LogP contribution is -2.46. The Morgan fingerprint density at radius 2 is 2.18 bits per heavy atom. The van der Waals surface area contributed by atoms with Crippen LogP contribution in [0.15, 0.2) is 0 Å². The smallest absolute Gasteiger partial charge is 0.0698 e. The molecule has 1 aliphatic heterocycles. The first-order valence-electron chi connectivity index (χ1n) is 7.03. The molecule has 0 aromatic heterocycles. The van der Waals surface area contributed by atoms with E-state index in [0.717, 1.165) is 19.6 Å². The van der Waals surface area contributed by atoms with Crippen molar-refractivity contribution in [1.29, 1.82) is 0 Å². The Morgan fingerprint density at radius 1 is 1.41 bits per heavy atom. The van der Waals surface area contributed by atoms with Crippen molar-refractivity contribution in [3.05, 3.63) is 0 Å². The van der Waals surface area contributed by atoms with Crippen molar-refractivity contribution in [1.82, 2.24) is 10.2 Å². The summed E-state index contributed by atoms with van der Waals surface area (Å²) < 4.78 is 5.48. The number of piperidine rings is 1. The number of hydrogen-bond donors (Lipinski definition) is 1. The van der Waals surface area contributed by atoms with E-state index in [9.17, 15) is 0 Å². The van der Waals surface area contributed by atoms with Crippen LogP contribution >= 0.6 is 0 Å². The van der Waals surface area contributed by atoms with Gasteiger partial charge in [0.1, 0.15) is 0 Å². The Balaban J connectivity index is 2.30. The summed E-state index contributed by atoms with van der Waals surface area (Å²) in [6.45, 7) is 12.7. The van der Waals surface area contributed by atoms with E-state index in [1.165, 1.54) is 32.4 Å². The molecule has 102 valence electrons. The van der Waals surface area contributed by atoms with E-state index >= 15 is 0 Å². The zero-order chi connectivity index (χ0) is 12.7. The quantitative estimate of drug-likeness (QED) is 0.692. The molecule has 0 aromatic carbocycles. The summed E-state index contributed by atoms with van der Waals surface area (Å²) in [6, 6.07) is 0. The molecule has 0 saturated carbocycles. The van der Waals surface area contributed by atoms with Crippen LogP contribution in [0.1, 0.15) is 40.0 Å². The predicted molar refractivity (Wildman–Crippen MR) is 73.4 cm³/mol. The number of ether oxygens (including phenoxy) is 1. The van der Waals surface area contributed by atoms with Crippen LogP contribution in [-0.2, 0) is 4.74 Å². The number of methoxy groups -OCH3 is 1. The van der Waals surface area contributed by atoms with Crippen LogP contribution in [0.3, 0.4) is 0 Å². The molecule has 1 N–H and O–H groups in total. The number of nitrogens with one attached hydrogen (secondary N) is 1. The maximum atomic E-state index is 5.48. The molecule has 3 nitrogen and oxygen atoms in total. The van der Waals surface area contributed by atoms with Gasteiger partial charge in [-0.3, -0.25) is 0 Å². The molecule has 1 rings (SSSR count). The van der Waals surface area contributed by atoms with E-state index in [0.29, 0.717) is 11.5 Å². The van der Waals surface area contributed by atoms with Gasteiger partial charge in [0.05, 0.1) is 6.10 Å². The lowest BCUT2D eigenvalue weighted by molar-refractivity contribution is 0.0184. The molecule has 1 unspecified atom stereocenters. The van der Waals surface area contributed by atoms with Gasteiger partial charge >= 0.3 is 0 Å². The second-order valence-corrected chi connectivity index (χ2v) is 6.08. The maximum absolute atomic E-state index is 5.48. The van der Waals surface area contributed by atoms with Crippen molar-refractivity contribution in [3.63, 3.8) is 0 Å². The first-order valence-corrected chi connectivity index (χ1v) is 7.03. The third kappa shape index (κ3) is 5.84. The largest absolute Gasteiger partial charge is 0.380 e. The first-order chi connectivity index (χ1) is 8.07. The zero-order valence-corrected chi connectivity index (χ0v) is 12.1. The molecule has 1 heterocycles. The van der Waals surface area contributed by atoms with Crippen LogP contribution in [0.2, 0.25) is 0 Å². The summed E-state index contributed by atoms with van der Waals surface area (Å²) in [5, 5.41) is 3.53. The Kier molecular flexibility index (Phi) is 6.45. The summed E-state index contributed by atoms with van der Waals surface area (Å²) in [5.74, 6) is 0. The molecule has 1 atom stereocenters. The molecule has 1 saturated heterocycles. The van der Waals surface area contributed by atoms with Crippen molar-refractivity contribution in [2.24, 2.45) is 5.41 Å². The monoisotopic (exact) mass is 242 g/mol. The second kappa shape index (κ2) is 7.34. The van der Waals surface area contributed by atoms with Gasteiger partial charge in [-0.25, -0.2) is 0 Å². The van der Waals surface area contributed by atoms with Crippen molar-refractivity contribution in [2.75, 3.05) is 39.8 Å². The highest BCUT2D eigenvalue weighted by Gasteiger charge is 2.25. The SMILES string of the molecule is CCCNCC(C)(C)CN1CCCC(OC)C1. The summed E-state index contributed by atoms with van der Waals surface area (Å²) in [7, 11) is 1.84. The third-order valence-electron chi connectivity index (χ3n) is 3.48. The average Bonchev–Trinajstić information content (AvgIpc) is 2.29. The van der Waals surface area contributed by atoms with E-state index in [-0.39, 0.29) is 0 Å². The Labute approximate surface area is 107 Å². The second-order valence-electron chi connectivity index (χ2n) is 6.08. The fourth-order valence-corrected chi connectivity index (χ4v) is 2.61. The molecule has 1 aliphatic rings. The third-order valence-corrected chi connectivity index (χ3v) is 3.48. The molecule has 0 bridgehead atoms. The van der Waals surface area contributed by atoms with E-state index in [1.54, 1.807) is 0 Å². The van der Waals surface area contributed by atoms with E-state index < -0.39 is 0 Å². The van der Waals surface area contributed by atoms with Gasteiger partial charge < -0.3 is 15.0 Å². The molecule has 0 aliphatic carbocycles. The van der Waals surface area contributed by atoms with Crippen molar-refractivity contribution in [2.45, 2.75) is 46.1 Å². The summed E-state index contributed by atoms with van der Waals surface area (Å²) in [6.07, 6.45) is 4.16. The van der Waals surface area contributed by atoms with Gasteiger partial charge in [0.15, 0.2) is 0 Å². The van der Waals surface area contributed by atoms with E-state index in [2.05, 4.69) is 31.0 Å². The standard InChI is InChI=1S/C14H30N2O/c1-5-8-15-11-14(2,3)12-16-9-6-7-13(10-16)17-4/h13,15H,5-12H2,1-4H3. The number of rotatable bonds is 7. The minimum absolute atomic E-state index is 0.352. The van der Waals surface area contributed by atoms with Crippen molar-refractivity contribution >= 4 is 0 Å². The Bertz CT molecular complexity index is 206. The van der Waals surface area contributed by atoms with Gasteiger partial charge in [-0.2, -0.15) is 0 Å². The Hall–Kier alpha value is -0.120. The molecular weight excluding hydrogens is 212 g/mol. The molecule has 0 aromatic rings. The molecular formula is C14H30N2O. The van der Waals surface area contributed by atoms with Gasteiger partial charge in [0, 0.05) is 26.7 Å². The van der Waals surface area contributed by atoms with Crippen LogP contribution in [0, 0.1) is 5.41 Å². The fraction of sp³-hybridized carbons (Fsp3) is 1.00. The summed E-state index contributed by atoms with van der Waals surface area (Å²) in [4.78, 5) is 2.56. The van der Waals surface area contributed by atoms with E-state index in [1.807, 2.05) is 7.11 Å². The van der Waals surface area contributed by atoms with Gasteiger partial charge in [-0.1, -0.05) is 20.8 Å². The lowest BCUT2D eigenvalue weighted by atomic mass is 9.91. The van der Waals surface area contributed by atoms with Crippen LogP contribution in [0.25, 0.3) is 0 Å². The summed E-state index contributed by atoms with van der Waals surface area (Å²) >= 11 is 0. The highest BCUT2D eigenvalue weighted by Crippen LogP contribution is 2.20. The van der Waals surface area contributed by atoms with Crippen LogP contribution in [-0.4, -0.2) is 50.8 Å². The van der Waals surface area contributed by atoms with E-state index in [4.69, 9.17) is 4.74 Å². The molecule has 17 heavy (non-hydrogen) atoms. The first kappa shape index (κ1) is 14.9. The van der Waals surface area contributed by atoms with Crippen LogP contribution in [0.4, 0.5) is 0 Å². The molecule has 3 heteroatoms. The van der Waals surface area contributed by atoms with Gasteiger partial charge in [-0.05, 0) is 37.8 Å². The van der Waals surface area contributed by atoms with Crippen LogP contribution in [0.5, 0.6) is 0 Å². The van der Waals surface area contributed by atoms with Crippen LogP contribution < -0.4 is 5.32 Å². The molecule has 0 spiro atoms. The van der Waals surface area contributed by atoms with Crippen molar-refractivity contribution < 1.29 is 4.74 Å². The molecule has 0 radical (unpaired) electrons. The maximum Gasteiger partial charge on any atom is 0.0698 e.